The molecule has 0 radical (unpaired) electrons. The van der Waals surface area contributed by atoms with Gasteiger partial charge < -0.3 is 15.2 Å². The van der Waals surface area contributed by atoms with Gasteiger partial charge in [0, 0.05) is 12.1 Å². The summed E-state index contributed by atoms with van der Waals surface area (Å²) in [5.41, 5.74) is 7.37. The number of nitrogens with two attached hydrogens (primary N) is 1. The maximum atomic E-state index is 6.10. The highest BCUT2D eigenvalue weighted by Crippen LogP contribution is 2.23. The molecule has 0 spiro atoms. The molecule has 2 aromatic rings. The number of hydrogen-bond donors (Lipinski definition) is 1. The lowest BCUT2D eigenvalue weighted by Crippen LogP contribution is -2.26. The lowest BCUT2D eigenvalue weighted by atomic mass is 9.98. The molecule has 4 heteroatoms. The Kier molecular flexibility index (Phi) is 6.62. The van der Waals surface area contributed by atoms with E-state index < -0.39 is 0 Å². The van der Waals surface area contributed by atoms with E-state index in [-0.39, 0.29) is 12.1 Å². The summed E-state index contributed by atoms with van der Waals surface area (Å²) in [7, 11) is 0. The van der Waals surface area contributed by atoms with Crippen molar-refractivity contribution < 1.29 is 9.47 Å². The molecule has 0 bridgehead atoms. The van der Waals surface area contributed by atoms with Gasteiger partial charge >= 0.3 is 0 Å². The van der Waals surface area contributed by atoms with Crippen molar-refractivity contribution in [2.75, 3.05) is 0 Å². The Morgan fingerprint density at radius 3 is 2.17 bits per heavy atom. The second-order valence-electron chi connectivity index (χ2n) is 6.69. The number of aromatic nitrogens is 1. The molecule has 4 nitrogen and oxygen atoms in total. The fourth-order valence-corrected chi connectivity index (χ4v) is 2.27. The van der Waals surface area contributed by atoms with Crippen molar-refractivity contribution in [2.45, 2.75) is 52.7 Å². The predicted molar refractivity (Wildman–Crippen MR) is 97.7 cm³/mol. The van der Waals surface area contributed by atoms with E-state index >= 15 is 0 Å². The first-order valence-corrected chi connectivity index (χ1v) is 8.59. The number of aryl methyl sites for hydroxylation is 1. The molecule has 1 atom stereocenters. The van der Waals surface area contributed by atoms with Crippen LogP contribution >= 0.6 is 0 Å². The number of rotatable bonds is 8. The summed E-state index contributed by atoms with van der Waals surface area (Å²) in [4.78, 5) is 4.24. The molecular formula is C20H28N2O2. The van der Waals surface area contributed by atoms with Crippen LogP contribution in [-0.2, 0) is 6.42 Å². The van der Waals surface area contributed by atoms with Crippen molar-refractivity contribution in [1.29, 1.82) is 0 Å². The van der Waals surface area contributed by atoms with E-state index in [4.69, 9.17) is 15.2 Å². The van der Waals surface area contributed by atoms with Crippen molar-refractivity contribution >= 4 is 0 Å². The molecule has 2 N–H and O–H groups in total. The summed E-state index contributed by atoms with van der Waals surface area (Å²) >= 11 is 0. The molecular weight excluding hydrogens is 300 g/mol. The molecule has 0 aliphatic heterocycles. The molecule has 24 heavy (non-hydrogen) atoms. The van der Waals surface area contributed by atoms with Gasteiger partial charge in [-0.15, -0.1) is 0 Å². The van der Waals surface area contributed by atoms with Crippen molar-refractivity contribution in [2.24, 2.45) is 11.7 Å². The van der Waals surface area contributed by atoms with E-state index in [1.807, 2.05) is 38.1 Å². The zero-order valence-electron chi connectivity index (χ0n) is 15.0. The molecule has 0 saturated carbocycles. The SMILES string of the molecule is CC(C)Oc1ccc(Oc2ccc(CC[C@@H](N)C(C)C)cc2)cn1. The van der Waals surface area contributed by atoms with Gasteiger partial charge in [0.15, 0.2) is 0 Å². The molecule has 1 heterocycles. The summed E-state index contributed by atoms with van der Waals surface area (Å²) in [6, 6.07) is 12.1. The minimum absolute atomic E-state index is 0.112. The minimum Gasteiger partial charge on any atom is -0.475 e. The third-order valence-electron chi connectivity index (χ3n) is 3.85. The number of benzene rings is 1. The van der Waals surface area contributed by atoms with Crippen LogP contribution < -0.4 is 15.2 Å². The average Bonchev–Trinajstić information content (AvgIpc) is 2.55. The Labute approximate surface area is 145 Å². The van der Waals surface area contributed by atoms with Crippen LogP contribution in [0.5, 0.6) is 17.4 Å². The minimum atomic E-state index is 0.112. The van der Waals surface area contributed by atoms with Crippen molar-refractivity contribution in [3.05, 3.63) is 48.2 Å². The number of pyridine rings is 1. The zero-order chi connectivity index (χ0) is 17.5. The van der Waals surface area contributed by atoms with Gasteiger partial charge in [-0.2, -0.15) is 0 Å². The molecule has 0 unspecified atom stereocenters. The van der Waals surface area contributed by atoms with E-state index in [0.29, 0.717) is 17.5 Å². The van der Waals surface area contributed by atoms with Crippen molar-refractivity contribution in [1.82, 2.24) is 4.98 Å². The number of nitrogens with zero attached hydrogens (tertiary/aromatic N) is 1. The van der Waals surface area contributed by atoms with E-state index in [1.165, 1.54) is 5.56 Å². The van der Waals surface area contributed by atoms with Crippen molar-refractivity contribution in [3.8, 4) is 17.4 Å². The van der Waals surface area contributed by atoms with Gasteiger partial charge in [-0.1, -0.05) is 26.0 Å². The van der Waals surface area contributed by atoms with Gasteiger partial charge in [-0.05, 0) is 56.4 Å². The van der Waals surface area contributed by atoms with Crippen LogP contribution in [0.4, 0.5) is 0 Å². The highest BCUT2D eigenvalue weighted by atomic mass is 16.5. The van der Waals surface area contributed by atoms with E-state index in [0.717, 1.165) is 18.6 Å². The summed E-state index contributed by atoms with van der Waals surface area (Å²) in [6.45, 7) is 8.27. The highest BCUT2D eigenvalue weighted by Gasteiger charge is 2.07. The van der Waals surface area contributed by atoms with Crippen LogP contribution in [0.2, 0.25) is 0 Å². The van der Waals surface area contributed by atoms with Crippen LogP contribution in [0, 0.1) is 5.92 Å². The molecule has 1 aromatic heterocycles. The molecule has 130 valence electrons. The smallest absolute Gasteiger partial charge is 0.213 e. The topological polar surface area (TPSA) is 57.4 Å². The zero-order valence-corrected chi connectivity index (χ0v) is 15.0. The standard InChI is InChI=1S/C20H28N2O2/c1-14(2)19(21)11-7-16-5-8-17(9-6-16)24-18-10-12-20(22-13-18)23-15(3)4/h5-6,8-10,12-15,19H,7,11,21H2,1-4H3/t19-/m1/s1. The number of hydrogen-bond acceptors (Lipinski definition) is 4. The normalized spacial score (nSPS) is 12.5. The Bertz CT molecular complexity index is 607. The Hall–Kier alpha value is -2.07. The Morgan fingerprint density at radius 1 is 0.958 bits per heavy atom. The van der Waals surface area contributed by atoms with E-state index in [2.05, 4.69) is 31.0 Å². The van der Waals surface area contributed by atoms with Crippen LogP contribution in [0.1, 0.15) is 39.7 Å². The first kappa shape index (κ1) is 18.3. The second kappa shape index (κ2) is 8.69. The summed E-state index contributed by atoms with van der Waals surface area (Å²) in [6.07, 6.45) is 3.77. The molecule has 0 amide bonds. The first-order chi connectivity index (χ1) is 11.4. The molecule has 0 fully saturated rings. The fourth-order valence-electron chi connectivity index (χ4n) is 2.27. The largest absolute Gasteiger partial charge is 0.475 e. The van der Waals surface area contributed by atoms with Crippen LogP contribution in [0.15, 0.2) is 42.6 Å². The second-order valence-corrected chi connectivity index (χ2v) is 6.69. The molecule has 0 saturated heterocycles. The van der Waals surface area contributed by atoms with Crippen molar-refractivity contribution in [3.63, 3.8) is 0 Å². The van der Waals surface area contributed by atoms with Gasteiger partial charge in [-0.3, -0.25) is 0 Å². The third kappa shape index (κ3) is 5.85. The van der Waals surface area contributed by atoms with Gasteiger partial charge in [-0.25, -0.2) is 4.98 Å². The van der Waals surface area contributed by atoms with Gasteiger partial charge in [0.05, 0.1) is 12.3 Å². The summed E-state index contributed by atoms with van der Waals surface area (Å²) < 4.78 is 11.3. The van der Waals surface area contributed by atoms with E-state index in [1.54, 1.807) is 6.20 Å². The lowest BCUT2D eigenvalue weighted by Gasteiger charge is -2.15. The van der Waals surface area contributed by atoms with Crippen LogP contribution in [0.3, 0.4) is 0 Å². The first-order valence-electron chi connectivity index (χ1n) is 8.59. The van der Waals surface area contributed by atoms with E-state index in [9.17, 15) is 0 Å². The van der Waals surface area contributed by atoms with Crippen LogP contribution in [0.25, 0.3) is 0 Å². The van der Waals surface area contributed by atoms with Gasteiger partial charge in [0.25, 0.3) is 0 Å². The van der Waals surface area contributed by atoms with Gasteiger partial charge in [0.2, 0.25) is 5.88 Å². The lowest BCUT2D eigenvalue weighted by molar-refractivity contribution is 0.232. The maximum Gasteiger partial charge on any atom is 0.213 e. The molecule has 0 aliphatic carbocycles. The molecule has 2 rings (SSSR count). The Balaban J connectivity index is 1.89. The summed E-state index contributed by atoms with van der Waals surface area (Å²) in [5.74, 6) is 2.61. The van der Waals surface area contributed by atoms with Gasteiger partial charge in [0.1, 0.15) is 11.5 Å². The van der Waals surface area contributed by atoms with Crippen LogP contribution in [-0.4, -0.2) is 17.1 Å². The predicted octanol–water partition coefficient (Wildman–Crippen LogP) is 4.58. The fraction of sp³-hybridized carbons (Fsp3) is 0.450. The third-order valence-corrected chi connectivity index (χ3v) is 3.85. The number of ether oxygens (including phenoxy) is 2. The quantitative estimate of drug-likeness (QED) is 0.771. The highest BCUT2D eigenvalue weighted by molar-refractivity contribution is 5.33. The Morgan fingerprint density at radius 2 is 1.62 bits per heavy atom. The summed E-state index contributed by atoms with van der Waals surface area (Å²) in [5, 5.41) is 0. The molecule has 0 aliphatic rings. The maximum absolute atomic E-state index is 6.10. The molecule has 1 aromatic carbocycles. The average molecular weight is 328 g/mol. The monoisotopic (exact) mass is 328 g/mol.